The van der Waals surface area contributed by atoms with Crippen molar-refractivity contribution >= 4 is 0 Å². The Balaban J connectivity index is 3.05. The minimum absolute atomic E-state index is 1.20. The summed E-state index contributed by atoms with van der Waals surface area (Å²) in [6, 6.07) is 0. The molecule has 0 spiro atoms. The molecule has 0 aliphatic heterocycles. The molecule has 0 heterocycles. The molecule has 0 aromatic rings. The highest BCUT2D eigenvalue weighted by molar-refractivity contribution is 4.81. The predicted molar refractivity (Wildman–Crippen MR) is 122 cm³/mol. The molecule has 0 aliphatic carbocycles. The first-order valence-corrected chi connectivity index (χ1v) is 12.2. The molecule has 0 N–H and O–H groups in total. The van der Waals surface area contributed by atoms with Crippen LogP contribution in [0.5, 0.6) is 0 Å². The number of unbranched alkanes of at least 4 members (excludes halogenated alkanes) is 19. The molecule has 0 amide bonds. The van der Waals surface area contributed by atoms with Crippen molar-refractivity contribution in [1.29, 1.82) is 0 Å². The fourth-order valence-electron chi connectivity index (χ4n) is 3.60. The standard InChI is InChI=1S/C26H50/c1-3-5-7-9-11-13-15-17-19-21-23-25-26-24-22-20-18-16-14-12-10-8-6-4-2/h3,22,24H,1,4-21,23,25-26H2,2H3. The number of rotatable bonds is 22. The lowest BCUT2D eigenvalue weighted by Crippen LogP contribution is -1.82. The van der Waals surface area contributed by atoms with Gasteiger partial charge in [-0.2, -0.15) is 0 Å². The van der Waals surface area contributed by atoms with Crippen molar-refractivity contribution in [3.05, 3.63) is 24.8 Å². The van der Waals surface area contributed by atoms with Crippen LogP contribution in [0.1, 0.15) is 142 Å². The summed E-state index contributed by atoms with van der Waals surface area (Å²) in [5.41, 5.74) is 0. The molecule has 0 fully saturated rings. The summed E-state index contributed by atoms with van der Waals surface area (Å²) in [6.07, 6.45) is 36.4. The van der Waals surface area contributed by atoms with E-state index >= 15 is 0 Å². The molecule has 0 saturated heterocycles. The van der Waals surface area contributed by atoms with Crippen LogP contribution in [0.4, 0.5) is 0 Å². The molecule has 0 atom stereocenters. The molecule has 0 aromatic heterocycles. The van der Waals surface area contributed by atoms with E-state index in [2.05, 4.69) is 25.7 Å². The summed E-state index contributed by atoms with van der Waals surface area (Å²) in [6.45, 7) is 6.07. The SMILES string of the molecule is C=CCCCCCCCCCCCCC=CCCCCCCCCCC. The molecule has 0 bridgehead atoms. The summed E-state index contributed by atoms with van der Waals surface area (Å²) in [7, 11) is 0. The van der Waals surface area contributed by atoms with Gasteiger partial charge in [0.05, 0.1) is 0 Å². The smallest absolute Gasteiger partial charge is 0.0351 e. The Labute approximate surface area is 166 Å². The first kappa shape index (κ1) is 25.5. The molecule has 154 valence electrons. The quantitative estimate of drug-likeness (QED) is 0.133. The minimum atomic E-state index is 1.20. The topological polar surface area (TPSA) is 0 Å². The lowest BCUT2D eigenvalue weighted by Gasteiger charge is -2.02. The van der Waals surface area contributed by atoms with E-state index in [0.29, 0.717) is 0 Å². The van der Waals surface area contributed by atoms with Gasteiger partial charge in [-0.1, -0.05) is 121 Å². The molecule has 0 saturated carbocycles. The largest absolute Gasteiger partial charge is 0.103 e. The van der Waals surface area contributed by atoms with E-state index in [-0.39, 0.29) is 0 Å². The normalized spacial score (nSPS) is 11.4. The summed E-state index contributed by atoms with van der Waals surface area (Å²) in [5, 5.41) is 0. The Hall–Kier alpha value is -0.520. The molecule has 0 heteroatoms. The van der Waals surface area contributed by atoms with Gasteiger partial charge in [-0.05, 0) is 38.5 Å². The number of hydrogen-bond acceptors (Lipinski definition) is 0. The van der Waals surface area contributed by atoms with E-state index in [1.807, 2.05) is 6.08 Å². The average molecular weight is 363 g/mol. The van der Waals surface area contributed by atoms with Crippen molar-refractivity contribution in [3.63, 3.8) is 0 Å². The first-order valence-electron chi connectivity index (χ1n) is 12.2. The van der Waals surface area contributed by atoms with Crippen LogP contribution < -0.4 is 0 Å². The van der Waals surface area contributed by atoms with Gasteiger partial charge in [-0.3, -0.25) is 0 Å². The summed E-state index contributed by atoms with van der Waals surface area (Å²) >= 11 is 0. The molecule has 0 radical (unpaired) electrons. The first-order chi connectivity index (χ1) is 12.9. The highest BCUT2D eigenvalue weighted by Gasteiger charge is 1.93. The number of allylic oxidation sites excluding steroid dienone is 3. The van der Waals surface area contributed by atoms with Gasteiger partial charge in [0.15, 0.2) is 0 Å². The molecular formula is C26H50. The van der Waals surface area contributed by atoms with Gasteiger partial charge in [-0.25, -0.2) is 0 Å². The van der Waals surface area contributed by atoms with Crippen molar-refractivity contribution in [2.24, 2.45) is 0 Å². The Kier molecular flexibility index (Phi) is 24.0. The summed E-state index contributed by atoms with van der Waals surface area (Å²) < 4.78 is 0. The van der Waals surface area contributed by atoms with E-state index in [1.54, 1.807) is 0 Å². The molecule has 0 unspecified atom stereocenters. The minimum Gasteiger partial charge on any atom is -0.103 e. The summed E-state index contributed by atoms with van der Waals surface area (Å²) in [5.74, 6) is 0. The van der Waals surface area contributed by atoms with Crippen molar-refractivity contribution in [2.45, 2.75) is 142 Å². The Bertz CT molecular complexity index is 276. The second-order valence-corrected chi connectivity index (χ2v) is 8.14. The highest BCUT2D eigenvalue weighted by Crippen LogP contribution is 2.13. The maximum atomic E-state index is 3.78. The van der Waals surface area contributed by atoms with E-state index in [4.69, 9.17) is 0 Å². The molecule has 0 rings (SSSR count). The zero-order chi connectivity index (χ0) is 19.0. The molecule has 0 aromatic carbocycles. The Morgan fingerprint density at radius 3 is 1.08 bits per heavy atom. The van der Waals surface area contributed by atoms with Crippen molar-refractivity contribution in [1.82, 2.24) is 0 Å². The van der Waals surface area contributed by atoms with Crippen molar-refractivity contribution in [2.75, 3.05) is 0 Å². The van der Waals surface area contributed by atoms with Crippen molar-refractivity contribution in [3.8, 4) is 0 Å². The highest BCUT2D eigenvalue weighted by atomic mass is 14.0. The van der Waals surface area contributed by atoms with E-state index < -0.39 is 0 Å². The number of hydrogen-bond donors (Lipinski definition) is 0. The van der Waals surface area contributed by atoms with E-state index in [0.717, 1.165) is 0 Å². The van der Waals surface area contributed by atoms with Crippen LogP contribution in [0, 0.1) is 0 Å². The van der Waals surface area contributed by atoms with Crippen LogP contribution in [0.15, 0.2) is 24.8 Å². The zero-order valence-corrected chi connectivity index (χ0v) is 18.3. The van der Waals surface area contributed by atoms with Crippen LogP contribution in [0.3, 0.4) is 0 Å². The maximum absolute atomic E-state index is 3.78. The van der Waals surface area contributed by atoms with Crippen LogP contribution >= 0.6 is 0 Å². The maximum Gasteiger partial charge on any atom is -0.0351 e. The third-order valence-corrected chi connectivity index (χ3v) is 5.42. The second-order valence-electron chi connectivity index (χ2n) is 8.14. The van der Waals surface area contributed by atoms with Gasteiger partial charge in [0, 0.05) is 0 Å². The molecular weight excluding hydrogens is 312 g/mol. The van der Waals surface area contributed by atoms with Gasteiger partial charge >= 0.3 is 0 Å². The van der Waals surface area contributed by atoms with Crippen LogP contribution in [0.2, 0.25) is 0 Å². The second kappa shape index (κ2) is 24.5. The third kappa shape index (κ3) is 23.5. The molecule has 26 heavy (non-hydrogen) atoms. The van der Waals surface area contributed by atoms with Gasteiger partial charge in [0.25, 0.3) is 0 Å². The van der Waals surface area contributed by atoms with Gasteiger partial charge in [0.2, 0.25) is 0 Å². The van der Waals surface area contributed by atoms with E-state index in [9.17, 15) is 0 Å². The fourth-order valence-corrected chi connectivity index (χ4v) is 3.60. The lowest BCUT2D eigenvalue weighted by molar-refractivity contribution is 0.553. The third-order valence-electron chi connectivity index (χ3n) is 5.42. The molecule has 0 aliphatic rings. The van der Waals surface area contributed by atoms with Crippen LogP contribution in [-0.2, 0) is 0 Å². The fraction of sp³-hybridized carbons (Fsp3) is 0.846. The van der Waals surface area contributed by atoms with Crippen LogP contribution in [0.25, 0.3) is 0 Å². The Morgan fingerprint density at radius 2 is 0.731 bits per heavy atom. The predicted octanol–water partition coefficient (Wildman–Crippen LogP) is 9.94. The lowest BCUT2D eigenvalue weighted by atomic mass is 10.0. The monoisotopic (exact) mass is 362 g/mol. The molecule has 0 nitrogen and oxygen atoms in total. The summed E-state index contributed by atoms with van der Waals surface area (Å²) in [4.78, 5) is 0. The zero-order valence-electron chi connectivity index (χ0n) is 18.3. The van der Waals surface area contributed by atoms with E-state index in [1.165, 1.54) is 135 Å². The van der Waals surface area contributed by atoms with Crippen LogP contribution in [-0.4, -0.2) is 0 Å². The average Bonchev–Trinajstić information content (AvgIpc) is 2.66. The Morgan fingerprint density at radius 1 is 0.423 bits per heavy atom. The van der Waals surface area contributed by atoms with Gasteiger partial charge < -0.3 is 0 Å². The van der Waals surface area contributed by atoms with Gasteiger partial charge in [0.1, 0.15) is 0 Å². The van der Waals surface area contributed by atoms with Gasteiger partial charge in [-0.15, -0.1) is 6.58 Å². The van der Waals surface area contributed by atoms with Crippen molar-refractivity contribution < 1.29 is 0 Å².